The van der Waals surface area contributed by atoms with E-state index >= 15 is 0 Å². The second-order valence-electron chi connectivity index (χ2n) is 5.83. The number of hydrogen-bond acceptors (Lipinski definition) is 5. The van der Waals surface area contributed by atoms with Crippen LogP contribution in [0.4, 0.5) is 5.82 Å². The van der Waals surface area contributed by atoms with Crippen LogP contribution in [0.15, 0.2) is 30.3 Å². The van der Waals surface area contributed by atoms with Crippen molar-refractivity contribution < 1.29 is 9.53 Å². The summed E-state index contributed by atoms with van der Waals surface area (Å²) in [5.74, 6) is 0.799. The van der Waals surface area contributed by atoms with E-state index in [-0.39, 0.29) is 5.91 Å². The fourth-order valence-electron chi connectivity index (χ4n) is 2.64. The van der Waals surface area contributed by atoms with Gasteiger partial charge in [-0.15, -0.1) is 0 Å². The Hall–Kier alpha value is -2.18. The molecule has 1 amide bonds. The van der Waals surface area contributed by atoms with E-state index in [9.17, 15) is 4.79 Å². The van der Waals surface area contributed by atoms with Crippen molar-refractivity contribution in [3.05, 3.63) is 35.9 Å². The molecule has 2 aromatic rings. The smallest absolute Gasteiger partial charge is 0.250 e. The van der Waals surface area contributed by atoms with Crippen molar-refractivity contribution in [3.8, 4) is 0 Å². The summed E-state index contributed by atoms with van der Waals surface area (Å²) in [6, 6.07) is 9.99. The molecule has 0 saturated carbocycles. The maximum absolute atomic E-state index is 12.2. The van der Waals surface area contributed by atoms with Crippen LogP contribution >= 0.6 is 0 Å². The van der Waals surface area contributed by atoms with Crippen molar-refractivity contribution in [2.45, 2.75) is 12.6 Å². The quantitative estimate of drug-likeness (QED) is 0.878. The van der Waals surface area contributed by atoms with Gasteiger partial charge in [0, 0.05) is 39.1 Å². The molecule has 0 bridgehead atoms. The first-order chi connectivity index (χ1) is 11.1. The summed E-state index contributed by atoms with van der Waals surface area (Å²) in [5, 5.41) is 7.20. The molecule has 1 aliphatic heterocycles. The molecule has 122 valence electrons. The summed E-state index contributed by atoms with van der Waals surface area (Å²) < 4.78 is 5.48. The van der Waals surface area contributed by atoms with Crippen molar-refractivity contribution in [1.29, 1.82) is 0 Å². The van der Waals surface area contributed by atoms with E-state index in [2.05, 4.69) is 15.6 Å². The molecule has 2 N–H and O–H groups in total. The predicted octanol–water partition coefficient (Wildman–Crippen LogP) is 0.905. The summed E-state index contributed by atoms with van der Waals surface area (Å²) in [6.45, 7) is 2.39. The second kappa shape index (κ2) is 6.93. The summed E-state index contributed by atoms with van der Waals surface area (Å²) in [5.41, 5.74) is 1.98. The van der Waals surface area contributed by atoms with Gasteiger partial charge in [-0.2, -0.15) is 0 Å². The average Bonchev–Trinajstić information content (AvgIpc) is 2.59. The first kappa shape index (κ1) is 15.7. The number of anilines is 1. The van der Waals surface area contributed by atoms with Crippen LogP contribution in [0.1, 0.15) is 5.56 Å². The number of nitrogens with one attached hydrogen (secondary N) is 2. The Balaban J connectivity index is 1.79. The van der Waals surface area contributed by atoms with Crippen LogP contribution in [0.3, 0.4) is 0 Å². The van der Waals surface area contributed by atoms with Gasteiger partial charge in [0.05, 0.1) is 12.1 Å². The molecule has 1 fully saturated rings. The number of morpholine rings is 1. The molecule has 1 aliphatic rings. The normalized spacial score (nSPS) is 17.9. The number of para-hydroxylation sites is 1. The number of pyridine rings is 1. The maximum Gasteiger partial charge on any atom is 0.250 e. The molecule has 6 heteroatoms. The molecular weight excluding hydrogens is 292 g/mol. The molecule has 0 aliphatic carbocycles. The Morgan fingerprint density at radius 3 is 3.00 bits per heavy atom. The Kier molecular flexibility index (Phi) is 4.73. The number of hydrogen-bond donors (Lipinski definition) is 2. The number of ether oxygens (including phenoxy) is 1. The number of rotatable bonds is 4. The third-order valence-corrected chi connectivity index (χ3v) is 3.92. The molecule has 1 aromatic heterocycles. The van der Waals surface area contributed by atoms with Gasteiger partial charge in [-0.1, -0.05) is 18.2 Å². The number of aromatic nitrogens is 1. The van der Waals surface area contributed by atoms with Crippen LogP contribution in [0.25, 0.3) is 10.9 Å². The molecule has 0 radical (unpaired) electrons. The molecule has 3 rings (SSSR count). The summed E-state index contributed by atoms with van der Waals surface area (Å²) in [7, 11) is 3.92. The van der Waals surface area contributed by atoms with Crippen LogP contribution in [0.2, 0.25) is 0 Å². The van der Waals surface area contributed by atoms with Gasteiger partial charge in [-0.05, 0) is 17.7 Å². The summed E-state index contributed by atoms with van der Waals surface area (Å²) >= 11 is 0. The zero-order chi connectivity index (χ0) is 16.2. The first-order valence-electron chi connectivity index (χ1n) is 7.81. The van der Waals surface area contributed by atoms with Gasteiger partial charge in [0.1, 0.15) is 11.9 Å². The molecule has 23 heavy (non-hydrogen) atoms. The SMILES string of the molecule is CN(C)c1cc(CNC(=O)C2CNCCO2)c2ccccc2n1. The third-order valence-electron chi connectivity index (χ3n) is 3.92. The second-order valence-corrected chi connectivity index (χ2v) is 5.83. The summed E-state index contributed by atoms with van der Waals surface area (Å²) in [6.07, 6.45) is -0.412. The fourth-order valence-corrected chi connectivity index (χ4v) is 2.64. The van der Waals surface area contributed by atoms with Crippen molar-refractivity contribution in [2.24, 2.45) is 0 Å². The Labute approximate surface area is 135 Å². The molecule has 1 aromatic carbocycles. The highest BCUT2D eigenvalue weighted by Crippen LogP contribution is 2.22. The van der Waals surface area contributed by atoms with Gasteiger partial charge in [0.15, 0.2) is 0 Å². The fraction of sp³-hybridized carbons (Fsp3) is 0.412. The van der Waals surface area contributed by atoms with Crippen LogP contribution in [-0.2, 0) is 16.1 Å². The first-order valence-corrected chi connectivity index (χ1v) is 7.81. The van der Waals surface area contributed by atoms with Crippen LogP contribution in [0, 0.1) is 0 Å². The highest BCUT2D eigenvalue weighted by Gasteiger charge is 2.21. The monoisotopic (exact) mass is 314 g/mol. The lowest BCUT2D eigenvalue weighted by atomic mass is 10.1. The van der Waals surface area contributed by atoms with E-state index in [4.69, 9.17) is 4.74 Å². The van der Waals surface area contributed by atoms with E-state index in [1.165, 1.54) is 0 Å². The molecule has 1 saturated heterocycles. The maximum atomic E-state index is 12.2. The number of nitrogens with zero attached hydrogens (tertiary/aromatic N) is 2. The van der Waals surface area contributed by atoms with E-state index in [1.54, 1.807) is 0 Å². The van der Waals surface area contributed by atoms with Crippen molar-refractivity contribution in [2.75, 3.05) is 38.7 Å². The predicted molar refractivity (Wildman–Crippen MR) is 90.5 cm³/mol. The highest BCUT2D eigenvalue weighted by atomic mass is 16.5. The zero-order valence-corrected chi connectivity index (χ0v) is 13.5. The molecule has 0 spiro atoms. The van der Waals surface area contributed by atoms with Crippen LogP contribution in [-0.4, -0.2) is 50.8 Å². The van der Waals surface area contributed by atoms with Gasteiger partial charge < -0.3 is 20.3 Å². The van der Waals surface area contributed by atoms with Crippen LogP contribution < -0.4 is 15.5 Å². The summed E-state index contributed by atoms with van der Waals surface area (Å²) in [4.78, 5) is 18.8. The largest absolute Gasteiger partial charge is 0.366 e. The van der Waals surface area contributed by atoms with E-state index in [0.717, 1.165) is 28.8 Å². The molecule has 1 atom stereocenters. The van der Waals surface area contributed by atoms with Crippen LogP contribution in [0.5, 0.6) is 0 Å². The third kappa shape index (κ3) is 3.60. The van der Waals surface area contributed by atoms with Crippen molar-refractivity contribution in [1.82, 2.24) is 15.6 Å². The minimum absolute atomic E-state index is 0.0792. The highest BCUT2D eigenvalue weighted by molar-refractivity contribution is 5.85. The van der Waals surface area contributed by atoms with Gasteiger partial charge in [0.25, 0.3) is 5.91 Å². The topological polar surface area (TPSA) is 66.5 Å². The zero-order valence-electron chi connectivity index (χ0n) is 13.5. The van der Waals surface area contributed by atoms with Crippen molar-refractivity contribution in [3.63, 3.8) is 0 Å². The minimum atomic E-state index is -0.412. The molecular formula is C17H22N4O2. The van der Waals surface area contributed by atoms with Gasteiger partial charge >= 0.3 is 0 Å². The van der Waals surface area contributed by atoms with E-state index in [1.807, 2.05) is 49.3 Å². The Bertz CT molecular complexity index is 696. The van der Waals surface area contributed by atoms with E-state index < -0.39 is 6.10 Å². The molecule has 1 unspecified atom stereocenters. The molecule has 2 heterocycles. The number of benzene rings is 1. The molecule has 6 nitrogen and oxygen atoms in total. The number of amides is 1. The average molecular weight is 314 g/mol. The van der Waals surface area contributed by atoms with Gasteiger partial charge in [-0.3, -0.25) is 4.79 Å². The Morgan fingerprint density at radius 1 is 1.43 bits per heavy atom. The lowest BCUT2D eigenvalue weighted by Gasteiger charge is -2.23. The van der Waals surface area contributed by atoms with Gasteiger partial charge in [-0.25, -0.2) is 4.98 Å². The number of carbonyl (C=O) groups excluding carboxylic acids is 1. The minimum Gasteiger partial charge on any atom is -0.366 e. The lowest BCUT2D eigenvalue weighted by Crippen LogP contribution is -2.47. The van der Waals surface area contributed by atoms with Gasteiger partial charge in [0.2, 0.25) is 0 Å². The van der Waals surface area contributed by atoms with Crippen molar-refractivity contribution >= 4 is 22.6 Å². The Morgan fingerprint density at radius 2 is 2.26 bits per heavy atom. The number of fused-ring (bicyclic) bond motifs is 1. The number of carbonyl (C=O) groups is 1. The standard InChI is InChI=1S/C17H22N4O2/c1-21(2)16-9-12(13-5-3-4-6-14(13)20-16)10-19-17(22)15-11-18-7-8-23-15/h3-6,9,15,18H,7-8,10-11H2,1-2H3,(H,19,22). The lowest BCUT2D eigenvalue weighted by molar-refractivity contribution is -0.134. The van der Waals surface area contributed by atoms with E-state index in [0.29, 0.717) is 19.7 Å².